The van der Waals surface area contributed by atoms with Crippen molar-refractivity contribution in [3.05, 3.63) is 105 Å². The summed E-state index contributed by atoms with van der Waals surface area (Å²) in [6.45, 7) is 2.19. The smallest absolute Gasteiger partial charge is 0.274 e. The summed E-state index contributed by atoms with van der Waals surface area (Å²) in [4.78, 5) is 43.7. The van der Waals surface area contributed by atoms with Crippen LogP contribution in [-0.2, 0) is 9.53 Å². The van der Waals surface area contributed by atoms with Gasteiger partial charge in [-0.15, -0.1) is 0 Å². The van der Waals surface area contributed by atoms with Gasteiger partial charge in [-0.2, -0.15) is 0 Å². The van der Waals surface area contributed by atoms with Gasteiger partial charge >= 0.3 is 0 Å². The van der Waals surface area contributed by atoms with Crippen LogP contribution in [0.15, 0.2) is 72.9 Å². The lowest BCUT2D eigenvalue weighted by Crippen LogP contribution is -2.47. The quantitative estimate of drug-likeness (QED) is 0.276. The van der Waals surface area contributed by atoms with E-state index in [2.05, 4.69) is 10.3 Å². The summed E-state index contributed by atoms with van der Waals surface area (Å²) >= 11 is 0. The monoisotopic (exact) mass is 498 g/mol. The average molecular weight is 499 g/mol. The van der Waals surface area contributed by atoms with Crippen LogP contribution in [0.1, 0.15) is 39.0 Å². The zero-order valence-corrected chi connectivity index (χ0v) is 20.4. The van der Waals surface area contributed by atoms with Gasteiger partial charge in [-0.1, -0.05) is 42.5 Å². The van der Waals surface area contributed by atoms with Crippen molar-refractivity contribution in [2.24, 2.45) is 0 Å². The first-order chi connectivity index (χ1) is 17.9. The van der Waals surface area contributed by atoms with E-state index < -0.39 is 16.9 Å². The summed E-state index contributed by atoms with van der Waals surface area (Å²) < 4.78 is 5.31. The Bertz CT molecular complexity index is 1510. The number of H-pyrrole nitrogens is 1. The van der Waals surface area contributed by atoms with Crippen LogP contribution in [0.25, 0.3) is 10.9 Å². The highest BCUT2D eigenvalue weighted by molar-refractivity contribution is 6.05. The number of nitrogens with one attached hydrogen (secondary N) is 2. The van der Waals surface area contributed by atoms with Gasteiger partial charge < -0.3 is 19.9 Å². The number of hydrogen-bond acceptors (Lipinski definition) is 5. The number of aromatic amines is 1. The van der Waals surface area contributed by atoms with Gasteiger partial charge in [0.05, 0.1) is 34.7 Å². The number of methoxy groups -OCH3 is 1. The standard InChI is InChI=1S/C28H26N4O5/c1-17-22(12-7-13-24(17)32(35)36)30-27(33)25-19-9-3-4-10-20(19)28(34)31(14-15-37-2)26(25)21-16-29-23-11-6-5-8-18(21)23/h3-13,16,25-26,29H,14-15H2,1-2H3,(H,30,33)/t25-,26+/m0/s1. The van der Waals surface area contributed by atoms with E-state index in [1.807, 2.05) is 36.5 Å². The number of carbonyl (C=O) groups is 2. The molecule has 0 spiro atoms. The van der Waals surface area contributed by atoms with Crippen LogP contribution in [-0.4, -0.2) is 46.9 Å². The van der Waals surface area contributed by atoms with Gasteiger partial charge in [0.15, 0.2) is 0 Å². The van der Waals surface area contributed by atoms with Crippen molar-refractivity contribution in [1.82, 2.24) is 9.88 Å². The third-order valence-corrected chi connectivity index (χ3v) is 6.96. The minimum Gasteiger partial charge on any atom is -0.383 e. The van der Waals surface area contributed by atoms with Crippen molar-refractivity contribution in [2.75, 3.05) is 25.6 Å². The fourth-order valence-corrected chi connectivity index (χ4v) is 5.16. The van der Waals surface area contributed by atoms with Gasteiger partial charge in [0.2, 0.25) is 5.91 Å². The molecule has 2 atom stereocenters. The third kappa shape index (κ3) is 4.23. The van der Waals surface area contributed by atoms with Gasteiger partial charge in [0.25, 0.3) is 11.6 Å². The van der Waals surface area contributed by atoms with E-state index in [9.17, 15) is 19.7 Å². The average Bonchev–Trinajstić information content (AvgIpc) is 3.33. The summed E-state index contributed by atoms with van der Waals surface area (Å²) in [5.41, 5.74) is 3.40. The summed E-state index contributed by atoms with van der Waals surface area (Å²) in [6, 6.07) is 18.8. The number of hydrogen-bond donors (Lipinski definition) is 2. The van der Waals surface area contributed by atoms with Gasteiger partial charge in [0.1, 0.15) is 0 Å². The number of aromatic nitrogens is 1. The highest BCUT2D eigenvalue weighted by Gasteiger charge is 2.45. The van der Waals surface area contributed by atoms with Gasteiger partial charge in [-0.3, -0.25) is 19.7 Å². The molecule has 2 amide bonds. The van der Waals surface area contributed by atoms with Crippen LogP contribution in [0.3, 0.4) is 0 Å². The Balaban J connectivity index is 1.67. The minimum absolute atomic E-state index is 0.0769. The Morgan fingerprint density at radius 3 is 2.62 bits per heavy atom. The van der Waals surface area contributed by atoms with Gasteiger partial charge in [0, 0.05) is 47.9 Å². The number of benzene rings is 3. The lowest BCUT2D eigenvalue weighted by atomic mass is 9.79. The number of ether oxygens (including phenoxy) is 1. The Labute approximate surface area is 213 Å². The molecular weight excluding hydrogens is 472 g/mol. The Morgan fingerprint density at radius 2 is 1.84 bits per heavy atom. The molecule has 1 aliphatic rings. The fraction of sp³-hybridized carbons (Fsp3) is 0.214. The molecule has 0 saturated heterocycles. The number of fused-ring (bicyclic) bond motifs is 2. The maximum Gasteiger partial charge on any atom is 0.274 e. The maximum atomic E-state index is 14.1. The highest BCUT2D eigenvalue weighted by atomic mass is 16.6. The Morgan fingerprint density at radius 1 is 1.08 bits per heavy atom. The van der Waals surface area contributed by atoms with E-state index in [0.29, 0.717) is 29.0 Å². The van der Waals surface area contributed by atoms with Crippen molar-refractivity contribution in [2.45, 2.75) is 18.9 Å². The van der Waals surface area contributed by atoms with E-state index >= 15 is 0 Å². The number of anilines is 1. The molecule has 188 valence electrons. The number of nitrogens with zero attached hydrogens (tertiary/aromatic N) is 2. The molecule has 5 rings (SSSR count). The van der Waals surface area contributed by atoms with Crippen molar-refractivity contribution in [3.8, 4) is 0 Å². The summed E-state index contributed by atoms with van der Waals surface area (Å²) in [7, 11) is 1.57. The second-order valence-electron chi connectivity index (χ2n) is 8.99. The first kappa shape index (κ1) is 24.2. The lowest BCUT2D eigenvalue weighted by molar-refractivity contribution is -0.385. The molecule has 9 heteroatoms. The molecule has 0 fully saturated rings. The van der Waals surface area contributed by atoms with E-state index in [-0.39, 0.29) is 24.0 Å². The number of nitro benzene ring substituents is 1. The number of rotatable bonds is 7. The predicted molar refractivity (Wildman–Crippen MR) is 140 cm³/mol. The largest absolute Gasteiger partial charge is 0.383 e. The molecule has 0 saturated carbocycles. The molecule has 0 radical (unpaired) electrons. The molecular formula is C28H26N4O5. The van der Waals surface area contributed by atoms with Crippen molar-refractivity contribution < 1.29 is 19.2 Å². The first-order valence-electron chi connectivity index (χ1n) is 11.9. The van der Waals surface area contributed by atoms with E-state index in [1.165, 1.54) is 6.07 Å². The number of nitro groups is 1. The van der Waals surface area contributed by atoms with Crippen molar-refractivity contribution in [1.29, 1.82) is 0 Å². The number of carbonyl (C=O) groups excluding carboxylic acids is 2. The molecule has 2 N–H and O–H groups in total. The maximum absolute atomic E-state index is 14.1. The van der Waals surface area contributed by atoms with Crippen LogP contribution in [0.5, 0.6) is 0 Å². The topological polar surface area (TPSA) is 118 Å². The lowest BCUT2D eigenvalue weighted by Gasteiger charge is -2.41. The molecule has 0 aliphatic carbocycles. The van der Waals surface area contributed by atoms with Crippen LogP contribution >= 0.6 is 0 Å². The van der Waals surface area contributed by atoms with Crippen LogP contribution in [0.2, 0.25) is 0 Å². The fourth-order valence-electron chi connectivity index (χ4n) is 5.16. The van der Waals surface area contributed by atoms with Crippen molar-refractivity contribution >= 4 is 34.1 Å². The first-order valence-corrected chi connectivity index (χ1v) is 11.9. The van der Waals surface area contributed by atoms with Crippen LogP contribution < -0.4 is 5.32 Å². The third-order valence-electron chi connectivity index (χ3n) is 6.96. The summed E-state index contributed by atoms with van der Waals surface area (Å²) in [5, 5.41) is 15.3. The van der Waals surface area contributed by atoms with Gasteiger partial charge in [-0.05, 0) is 30.7 Å². The minimum atomic E-state index is -0.774. The Hall–Kier alpha value is -4.50. The molecule has 1 aromatic heterocycles. The molecule has 2 heterocycles. The molecule has 9 nitrogen and oxygen atoms in total. The molecule has 0 bridgehead atoms. The highest BCUT2D eigenvalue weighted by Crippen LogP contribution is 2.45. The second-order valence-corrected chi connectivity index (χ2v) is 8.99. The molecule has 37 heavy (non-hydrogen) atoms. The van der Waals surface area contributed by atoms with Crippen molar-refractivity contribution in [3.63, 3.8) is 0 Å². The number of amides is 2. The SMILES string of the molecule is COCCN1C(=O)c2ccccc2[C@H](C(=O)Nc2cccc([N+](=O)[O-])c2C)[C@H]1c1c[nH]c2ccccc12. The summed E-state index contributed by atoms with van der Waals surface area (Å²) in [6.07, 6.45) is 1.84. The van der Waals surface area contributed by atoms with Crippen LogP contribution in [0.4, 0.5) is 11.4 Å². The van der Waals surface area contributed by atoms with E-state index in [4.69, 9.17) is 4.74 Å². The zero-order valence-electron chi connectivity index (χ0n) is 20.4. The predicted octanol–water partition coefficient (Wildman–Crippen LogP) is 4.95. The zero-order chi connectivity index (χ0) is 26.1. The molecule has 4 aromatic rings. The summed E-state index contributed by atoms with van der Waals surface area (Å²) in [5.74, 6) is -1.32. The molecule has 3 aromatic carbocycles. The number of para-hydroxylation sites is 1. The normalized spacial score (nSPS) is 17.0. The second kappa shape index (κ2) is 9.87. The van der Waals surface area contributed by atoms with Crippen LogP contribution in [0, 0.1) is 17.0 Å². The molecule has 0 unspecified atom stereocenters. The van der Waals surface area contributed by atoms with E-state index in [0.717, 1.165) is 16.5 Å². The molecule has 1 aliphatic heterocycles. The Kier molecular flexibility index (Phi) is 6.45. The van der Waals surface area contributed by atoms with E-state index in [1.54, 1.807) is 49.3 Å². The van der Waals surface area contributed by atoms with Gasteiger partial charge in [-0.25, -0.2) is 0 Å².